The average molecular weight is 376 g/mol. The summed E-state index contributed by atoms with van der Waals surface area (Å²) in [7, 11) is 0. The molecular formula is C22H24N4O2. The van der Waals surface area contributed by atoms with Crippen molar-refractivity contribution in [2.24, 2.45) is 0 Å². The molecule has 0 fully saturated rings. The van der Waals surface area contributed by atoms with E-state index in [0.717, 1.165) is 18.0 Å². The van der Waals surface area contributed by atoms with Crippen molar-refractivity contribution in [1.82, 2.24) is 9.97 Å². The van der Waals surface area contributed by atoms with Gasteiger partial charge in [-0.15, -0.1) is 0 Å². The van der Waals surface area contributed by atoms with Gasteiger partial charge in [0.2, 0.25) is 0 Å². The summed E-state index contributed by atoms with van der Waals surface area (Å²) < 4.78 is 5.40. The molecule has 0 bridgehead atoms. The van der Waals surface area contributed by atoms with Gasteiger partial charge < -0.3 is 15.0 Å². The minimum atomic E-state index is -0.304. The molecule has 1 heterocycles. The van der Waals surface area contributed by atoms with Crippen molar-refractivity contribution in [3.8, 4) is 5.75 Å². The molecular weight excluding hydrogens is 352 g/mol. The van der Waals surface area contributed by atoms with Crippen LogP contribution < -0.4 is 15.0 Å². The maximum atomic E-state index is 12.4. The summed E-state index contributed by atoms with van der Waals surface area (Å²) >= 11 is 0. The number of aryl methyl sites for hydroxylation is 1. The Morgan fingerprint density at radius 2 is 1.86 bits per heavy atom. The lowest BCUT2D eigenvalue weighted by molar-refractivity contribution is 0.102. The number of carbonyl (C=O) groups excluding carboxylic acids is 1. The van der Waals surface area contributed by atoms with E-state index < -0.39 is 0 Å². The monoisotopic (exact) mass is 376 g/mol. The molecule has 0 aliphatic rings. The first kappa shape index (κ1) is 19.4. The number of hydrogen-bond donors (Lipinski definition) is 1. The summed E-state index contributed by atoms with van der Waals surface area (Å²) in [5.74, 6) is 1.16. The van der Waals surface area contributed by atoms with Crippen LogP contribution >= 0.6 is 0 Å². The van der Waals surface area contributed by atoms with E-state index in [1.807, 2.05) is 36.1 Å². The van der Waals surface area contributed by atoms with Crippen LogP contribution in [0.4, 0.5) is 17.2 Å². The molecule has 0 atom stereocenters. The second kappa shape index (κ2) is 8.99. The Kier molecular flexibility index (Phi) is 6.22. The number of amides is 1. The zero-order valence-electron chi connectivity index (χ0n) is 16.3. The van der Waals surface area contributed by atoms with E-state index in [4.69, 9.17) is 4.74 Å². The molecule has 6 nitrogen and oxygen atoms in total. The van der Waals surface area contributed by atoms with Crippen LogP contribution in [-0.4, -0.2) is 29.0 Å². The molecule has 3 aromatic rings. The number of anilines is 3. The molecule has 28 heavy (non-hydrogen) atoms. The highest BCUT2D eigenvalue weighted by molar-refractivity contribution is 6.02. The average Bonchev–Trinajstić information content (AvgIpc) is 2.71. The number of benzene rings is 2. The highest BCUT2D eigenvalue weighted by Crippen LogP contribution is 2.23. The summed E-state index contributed by atoms with van der Waals surface area (Å²) in [6.45, 7) is 7.38. The van der Waals surface area contributed by atoms with Crippen LogP contribution in [0.1, 0.15) is 29.9 Å². The Balaban J connectivity index is 1.71. The third-order valence-corrected chi connectivity index (χ3v) is 4.20. The highest BCUT2D eigenvalue weighted by atomic mass is 16.5. The largest absolute Gasteiger partial charge is 0.494 e. The van der Waals surface area contributed by atoms with E-state index in [2.05, 4.69) is 41.3 Å². The predicted octanol–water partition coefficient (Wildman–Crippen LogP) is 4.59. The number of aromatic nitrogens is 2. The van der Waals surface area contributed by atoms with Crippen LogP contribution in [0.15, 0.2) is 60.9 Å². The molecule has 2 aromatic carbocycles. The fourth-order valence-electron chi connectivity index (χ4n) is 2.85. The van der Waals surface area contributed by atoms with Gasteiger partial charge in [-0.05, 0) is 62.7 Å². The smallest absolute Gasteiger partial charge is 0.275 e. The van der Waals surface area contributed by atoms with Crippen molar-refractivity contribution >= 4 is 23.1 Å². The predicted molar refractivity (Wildman–Crippen MR) is 111 cm³/mol. The van der Waals surface area contributed by atoms with Crippen molar-refractivity contribution in [2.75, 3.05) is 23.4 Å². The summed E-state index contributed by atoms with van der Waals surface area (Å²) in [5, 5.41) is 2.82. The number of rotatable bonds is 7. The summed E-state index contributed by atoms with van der Waals surface area (Å²) in [6.07, 6.45) is 3.12. The maximum Gasteiger partial charge on any atom is 0.275 e. The van der Waals surface area contributed by atoms with Gasteiger partial charge in [0.05, 0.1) is 19.0 Å². The van der Waals surface area contributed by atoms with Gasteiger partial charge in [-0.2, -0.15) is 0 Å². The minimum absolute atomic E-state index is 0.262. The van der Waals surface area contributed by atoms with Crippen LogP contribution in [0, 0.1) is 6.92 Å². The number of carbonyl (C=O) groups is 1. The van der Waals surface area contributed by atoms with E-state index in [1.165, 1.54) is 11.8 Å². The summed E-state index contributed by atoms with van der Waals surface area (Å²) in [6, 6.07) is 15.4. The molecule has 0 saturated carbocycles. The molecule has 0 saturated heterocycles. The van der Waals surface area contributed by atoms with Crippen molar-refractivity contribution in [2.45, 2.75) is 20.8 Å². The lowest BCUT2D eigenvalue weighted by Crippen LogP contribution is -2.19. The van der Waals surface area contributed by atoms with Crippen LogP contribution in [0.2, 0.25) is 0 Å². The van der Waals surface area contributed by atoms with Gasteiger partial charge in [0, 0.05) is 17.9 Å². The maximum absolute atomic E-state index is 12.4. The number of nitrogens with zero attached hydrogens (tertiary/aromatic N) is 3. The lowest BCUT2D eigenvalue weighted by atomic mass is 10.2. The van der Waals surface area contributed by atoms with E-state index >= 15 is 0 Å². The molecule has 0 aliphatic carbocycles. The van der Waals surface area contributed by atoms with E-state index in [0.29, 0.717) is 18.1 Å². The third kappa shape index (κ3) is 4.65. The molecule has 3 rings (SSSR count). The van der Waals surface area contributed by atoms with Gasteiger partial charge >= 0.3 is 0 Å². The SMILES string of the molecule is CCOc1ccc(NC(=O)c2cnc(N(CC)c3cccc(C)c3)cn2)cc1. The van der Waals surface area contributed by atoms with Crippen LogP contribution in [-0.2, 0) is 0 Å². The Morgan fingerprint density at radius 3 is 2.46 bits per heavy atom. The van der Waals surface area contributed by atoms with Gasteiger partial charge in [-0.3, -0.25) is 4.79 Å². The van der Waals surface area contributed by atoms with Crippen molar-refractivity contribution < 1.29 is 9.53 Å². The normalized spacial score (nSPS) is 10.4. The summed E-state index contributed by atoms with van der Waals surface area (Å²) in [4.78, 5) is 23.2. The molecule has 0 radical (unpaired) electrons. The standard InChI is InChI=1S/C22H24N4O2/c1-4-26(18-8-6-7-16(3)13-18)21-15-23-20(14-24-21)22(27)25-17-9-11-19(12-10-17)28-5-2/h6-15H,4-5H2,1-3H3,(H,25,27). The van der Waals surface area contributed by atoms with Gasteiger partial charge in [-0.1, -0.05) is 12.1 Å². The quantitative estimate of drug-likeness (QED) is 0.653. The highest BCUT2D eigenvalue weighted by Gasteiger charge is 2.13. The van der Waals surface area contributed by atoms with E-state index in [1.54, 1.807) is 18.3 Å². The second-order valence-corrected chi connectivity index (χ2v) is 6.25. The first-order chi connectivity index (χ1) is 13.6. The summed E-state index contributed by atoms with van der Waals surface area (Å²) in [5.41, 5.74) is 3.16. The van der Waals surface area contributed by atoms with Gasteiger partial charge in [-0.25, -0.2) is 9.97 Å². The van der Waals surface area contributed by atoms with Crippen LogP contribution in [0.3, 0.4) is 0 Å². The van der Waals surface area contributed by atoms with E-state index in [9.17, 15) is 4.79 Å². The molecule has 6 heteroatoms. The fraction of sp³-hybridized carbons (Fsp3) is 0.227. The van der Waals surface area contributed by atoms with Gasteiger partial charge in [0.15, 0.2) is 5.82 Å². The Hall–Kier alpha value is -3.41. The lowest BCUT2D eigenvalue weighted by Gasteiger charge is -2.22. The fourth-order valence-corrected chi connectivity index (χ4v) is 2.85. The molecule has 0 spiro atoms. The zero-order chi connectivity index (χ0) is 19.9. The second-order valence-electron chi connectivity index (χ2n) is 6.25. The Labute approximate surface area is 165 Å². The molecule has 1 amide bonds. The first-order valence-electron chi connectivity index (χ1n) is 9.31. The van der Waals surface area contributed by atoms with Crippen LogP contribution in [0.25, 0.3) is 0 Å². The Morgan fingerprint density at radius 1 is 1.07 bits per heavy atom. The number of nitrogens with one attached hydrogen (secondary N) is 1. The molecule has 144 valence electrons. The van der Waals surface area contributed by atoms with E-state index in [-0.39, 0.29) is 11.6 Å². The third-order valence-electron chi connectivity index (χ3n) is 4.20. The van der Waals surface area contributed by atoms with Crippen molar-refractivity contribution in [3.63, 3.8) is 0 Å². The Bertz CT molecular complexity index is 924. The molecule has 1 N–H and O–H groups in total. The molecule has 0 unspecified atom stereocenters. The van der Waals surface area contributed by atoms with Gasteiger partial charge in [0.25, 0.3) is 5.91 Å². The molecule has 0 aliphatic heterocycles. The first-order valence-corrected chi connectivity index (χ1v) is 9.31. The number of hydrogen-bond acceptors (Lipinski definition) is 5. The van der Waals surface area contributed by atoms with Crippen molar-refractivity contribution in [3.05, 3.63) is 72.2 Å². The minimum Gasteiger partial charge on any atom is -0.494 e. The van der Waals surface area contributed by atoms with Crippen molar-refractivity contribution in [1.29, 1.82) is 0 Å². The number of ether oxygens (including phenoxy) is 1. The van der Waals surface area contributed by atoms with Gasteiger partial charge in [0.1, 0.15) is 11.4 Å². The molecule has 1 aromatic heterocycles. The topological polar surface area (TPSA) is 67.3 Å². The van der Waals surface area contributed by atoms with Crippen LogP contribution in [0.5, 0.6) is 5.75 Å². The zero-order valence-corrected chi connectivity index (χ0v) is 16.3.